The molecule has 1 aliphatic rings. The quantitative estimate of drug-likeness (QED) is 0.271. The van der Waals surface area contributed by atoms with Crippen LogP contribution in [0.4, 0.5) is 4.79 Å². The molecule has 1 heterocycles. The van der Waals surface area contributed by atoms with Crippen molar-refractivity contribution in [1.29, 1.82) is 0 Å². The highest BCUT2D eigenvalue weighted by Gasteiger charge is 2.37. The molecule has 0 N–H and O–H groups in total. The molecule has 0 aromatic heterocycles. The topological polar surface area (TPSA) is 55.8 Å². The lowest BCUT2D eigenvalue weighted by molar-refractivity contribution is -0.124. The number of allylic oxidation sites excluding steroid dienone is 1. The predicted octanol–water partition coefficient (Wildman–Crippen LogP) is 6.88. The molecule has 0 radical (unpaired) electrons. The number of carbonyl (C=O) groups excluding carboxylic acids is 2. The summed E-state index contributed by atoms with van der Waals surface area (Å²) in [5, 5.41) is 0.433. The first-order valence-electron chi connectivity index (χ1n) is 10.9. The van der Waals surface area contributed by atoms with E-state index < -0.39 is 0 Å². The van der Waals surface area contributed by atoms with Crippen LogP contribution in [0.25, 0.3) is 6.08 Å². The standard InChI is InChI=1S/C26H28ClNO4S/c1-5-8-20-13-19(15-23-25(29)28(17(4)6-2)26(30)33-23)14-22(31-7-3)24(20)32-16-18-9-11-21(27)12-10-18/h5,9-15,17H,1,6-8,16H2,2-4H3/b23-15+/t17-/m1/s1. The number of rotatable bonds is 10. The third-order valence-electron chi connectivity index (χ3n) is 5.27. The number of thioether (sulfide) groups is 1. The van der Waals surface area contributed by atoms with Gasteiger partial charge in [0.05, 0.1) is 11.5 Å². The van der Waals surface area contributed by atoms with Crippen molar-refractivity contribution < 1.29 is 19.1 Å². The molecule has 5 nitrogen and oxygen atoms in total. The normalized spacial score (nSPS) is 15.8. The van der Waals surface area contributed by atoms with Crippen LogP contribution in [0.3, 0.4) is 0 Å². The van der Waals surface area contributed by atoms with E-state index in [9.17, 15) is 9.59 Å². The lowest BCUT2D eigenvalue weighted by atomic mass is 10.0. The Bertz CT molecular complexity index is 1060. The average molecular weight is 486 g/mol. The van der Waals surface area contributed by atoms with Crippen molar-refractivity contribution in [1.82, 2.24) is 4.90 Å². The highest BCUT2D eigenvalue weighted by Crippen LogP contribution is 2.38. The number of benzene rings is 2. The molecule has 3 rings (SSSR count). The minimum atomic E-state index is -0.259. The van der Waals surface area contributed by atoms with Crippen LogP contribution in [0.5, 0.6) is 11.5 Å². The third-order valence-corrected chi connectivity index (χ3v) is 6.40. The van der Waals surface area contributed by atoms with E-state index in [0.717, 1.165) is 28.5 Å². The van der Waals surface area contributed by atoms with Gasteiger partial charge in [-0.2, -0.15) is 0 Å². The van der Waals surface area contributed by atoms with E-state index in [2.05, 4.69) is 6.58 Å². The van der Waals surface area contributed by atoms with Gasteiger partial charge < -0.3 is 9.47 Å². The molecule has 0 bridgehead atoms. The van der Waals surface area contributed by atoms with Crippen LogP contribution in [0.1, 0.15) is 43.9 Å². The van der Waals surface area contributed by atoms with Crippen LogP contribution < -0.4 is 9.47 Å². The van der Waals surface area contributed by atoms with Gasteiger partial charge in [0.2, 0.25) is 0 Å². The number of ether oxygens (including phenoxy) is 2. The summed E-state index contributed by atoms with van der Waals surface area (Å²) in [6, 6.07) is 11.1. The molecular formula is C26H28ClNO4S. The summed E-state index contributed by atoms with van der Waals surface area (Å²) in [7, 11) is 0. The number of hydrogen-bond donors (Lipinski definition) is 0. The van der Waals surface area contributed by atoms with Crippen molar-refractivity contribution in [3.05, 3.63) is 75.7 Å². The molecule has 7 heteroatoms. The van der Waals surface area contributed by atoms with Gasteiger partial charge >= 0.3 is 0 Å². The Morgan fingerprint density at radius 1 is 1.15 bits per heavy atom. The Balaban J connectivity index is 1.94. The Morgan fingerprint density at radius 3 is 2.52 bits per heavy atom. The summed E-state index contributed by atoms with van der Waals surface area (Å²) in [6.45, 7) is 10.4. The molecule has 2 aromatic carbocycles. The van der Waals surface area contributed by atoms with Gasteiger partial charge in [-0.15, -0.1) is 6.58 Å². The number of nitrogens with zero attached hydrogens (tertiary/aromatic N) is 1. The second-order valence-electron chi connectivity index (χ2n) is 7.66. The monoisotopic (exact) mass is 485 g/mol. The molecule has 174 valence electrons. The Kier molecular flexibility index (Phi) is 8.64. The summed E-state index contributed by atoms with van der Waals surface area (Å²) >= 11 is 6.94. The minimum Gasteiger partial charge on any atom is -0.490 e. The summed E-state index contributed by atoms with van der Waals surface area (Å²) in [5.74, 6) is 0.959. The molecule has 1 aliphatic heterocycles. The summed E-state index contributed by atoms with van der Waals surface area (Å²) in [4.78, 5) is 26.9. The van der Waals surface area contributed by atoms with Crippen LogP contribution in [0.15, 0.2) is 54.0 Å². The first kappa shape index (κ1) is 24.9. The average Bonchev–Trinajstić information content (AvgIpc) is 3.07. The van der Waals surface area contributed by atoms with Gasteiger partial charge in [0.25, 0.3) is 11.1 Å². The Morgan fingerprint density at radius 2 is 1.88 bits per heavy atom. The predicted molar refractivity (Wildman–Crippen MR) is 135 cm³/mol. The second-order valence-corrected chi connectivity index (χ2v) is 9.09. The van der Waals surface area contributed by atoms with Crippen LogP contribution in [0.2, 0.25) is 5.02 Å². The molecule has 1 saturated heterocycles. The molecule has 0 unspecified atom stereocenters. The van der Waals surface area contributed by atoms with Gasteiger partial charge in [-0.3, -0.25) is 14.5 Å². The van der Waals surface area contributed by atoms with E-state index in [1.54, 1.807) is 12.2 Å². The zero-order valence-electron chi connectivity index (χ0n) is 19.1. The number of halogens is 1. The second kappa shape index (κ2) is 11.4. The SMILES string of the molecule is C=CCc1cc(/C=C2/SC(=O)N([C@H](C)CC)C2=O)cc(OCC)c1OCc1ccc(Cl)cc1. The molecule has 0 saturated carbocycles. The van der Waals surface area contributed by atoms with E-state index in [1.165, 1.54) is 4.90 Å². The first-order chi connectivity index (χ1) is 15.9. The van der Waals surface area contributed by atoms with Gasteiger partial charge in [0.1, 0.15) is 6.61 Å². The maximum Gasteiger partial charge on any atom is 0.293 e. The van der Waals surface area contributed by atoms with Gasteiger partial charge in [0.15, 0.2) is 11.5 Å². The van der Waals surface area contributed by atoms with Gasteiger partial charge in [-0.25, -0.2) is 0 Å². The van der Waals surface area contributed by atoms with Gasteiger partial charge in [-0.05, 0) is 79.9 Å². The molecule has 0 aliphatic carbocycles. The number of imide groups is 1. The van der Waals surface area contributed by atoms with Crippen molar-refractivity contribution in [2.24, 2.45) is 0 Å². The number of hydrogen-bond acceptors (Lipinski definition) is 5. The van der Waals surface area contributed by atoms with E-state index in [1.807, 2.05) is 57.2 Å². The Labute approximate surface area is 204 Å². The molecule has 0 spiro atoms. The minimum absolute atomic E-state index is 0.137. The maximum atomic E-state index is 12.8. The molecular weight excluding hydrogens is 458 g/mol. The van der Waals surface area contributed by atoms with Crippen LogP contribution in [-0.2, 0) is 17.8 Å². The highest BCUT2D eigenvalue weighted by molar-refractivity contribution is 8.18. The maximum absolute atomic E-state index is 12.8. The van der Waals surface area contributed by atoms with Gasteiger partial charge in [0, 0.05) is 16.6 Å². The molecule has 33 heavy (non-hydrogen) atoms. The largest absolute Gasteiger partial charge is 0.490 e. The van der Waals surface area contributed by atoms with Crippen LogP contribution >= 0.6 is 23.4 Å². The smallest absolute Gasteiger partial charge is 0.293 e. The van der Waals surface area contributed by atoms with Crippen molar-refractivity contribution in [2.45, 2.75) is 46.3 Å². The fourth-order valence-corrected chi connectivity index (χ4v) is 4.49. The summed E-state index contributed by atoms with van der Waals surface area (Å²) in [5.41, 5.74) is 2.63. The van der Waals surface area contributed by atoms with Crippen molar-refractivity contribution in [3.8, 4) is 11.5 Å². The summed E-state index contributed by atoms with van der Waals surface area (Å²) in [6.07, 6.45) is 4.81. The van der Waals surface area contributed by atoms with Crippen molar-refractivity contribution in [2.75, 3.05) is 6.61 Å². The zero-order chi connectivity index (χ0) is 24.0. The fourth-order valence-electron chi connectivity index (χ4n) is 3.43. The molecule has 1 atom stereocenters. The van der Waals surface area contributed by atoms with Crippen molar-refractivity contribution in [3.63, 3.8) is 0 Å². The fraction of sp³-hybridized carbons (Fsp3) is 0.308. The molecule has 2 aromatic rings. The van der Waals surface area contributed by atoms with E-state index in [-0.39, 0.29) is 17.2 Å². The van der Waals surface area contributed by atoms with Crippen LogP contribution in [0, 0.1) is 0 Å². The van der Waals surface area contributed by atoms with Crippen molar-refractivity contribution >= 4 is 40.6 Å². The lowest BCUT2D eigenvalue weighted by Crippen LogP contribution is -2.36. The zero-order valence-corrected chi connectivity index (χ0v) is 20.7. The van der Waals surface area contributed by atoms with E-state index in [0.29, 0.717) is 47.5 Å². The number of carbonyl (C=O) groups is 2. The van der Waals surface area contributed by atoms with E-state index in [4.69, 9.17) is 21.1 Å². The molecule has 2 amide bonds. The summed E-state index contributed by atoms with van der Waals surface area (Å²) < 4.78 is 12.0. The Hall–Kier alpha value is -2.70. The van der Waals surface area contributed by atoms with E-state index >= 15 is 0 Å². The third kappa shape index (κ3) is 6.01. The highest BCUT2D eigenvalue weighted by atomic mass is 35.5. The van der Waals surface area contributed by atoms with Crippen LogP contribution in [-0.4, -0.2) is 28.7 Å². The van der Waals surface area contributed by atoms with Gasteiger partial charge in [-0.1, -0.05) is 36.7 Å². The number of amides is 2. The first-order valence-corrected chi connectivity index (χ1v) is 12.1. The lowest BCUT2D eigenvalue weighted by Gasteiger charge is -2.19. The molecule has 1 fully saturated rings.